The predicted molar refractivity (Wildman–Crippen MR) is 71.2 cm³/mol. The van der Waals surface area contributed by atoms with Gasteiger partial charge < -0.3 is 9.80 Å². The molecule has 0 spiro atoms. The lowest BCUT2D eigenvalue weighted by Gasteiger charge is -2.35. The van der Waals surface area contributed by atoms with Crippen LogP contribution in [0.25, 0.3) is 0 Å². The van der Waals surface area contributed by atoms with Crippen LogP contribution >= 0.6 is 11.3 Å². The van der Waals surface area contributed by atoms with E-state index in [0.29, 0.717) is 6.04 Å². The SMILES string of the molecule is Cc1nc(N2CCCC(N(C)C)C2)sc1C=O. The van der Waals surface area contributed by atoms with Gasteiger partial charge in [-0.25, -0.2) is 4.98 Å². The fourth-order valence-corrected chi connectivity index (χ4v) is 3.10. The van der Waals surface area contributed by atoms with E-state index >= 15 is 0 Å². The first-order valence-electron chi connectivity index (χ1n) is 5.96. The van der Waals surface area contributed by atoms with E-state index in [4.69, 9.17) is 0 Å². The average molecular weight is 253 g/mol. The molecule has 0 aliphatic carbocycles. The van der Waals surface area contributed by atoms with Gasteiger partial charge in [-0.2, -0.15) is 0 Å². The molecule has 5 heteroatoms. The van der Waals surface area contributed by atoms with Crippen LogP contribution in [0.4, 0.5) is 5.13 Å². The monoisotopic (exact) mass is 253 g/mol. The van der Waals surface area contributed by atoms with E-state index in [1.54, 1.807) is 0 Å². The minimum atomic E-state index is 0.590. The lowest BCUT2D eigenvalue weighted by molar-refractivity contribution is 0.112. The topological polar surface area (TPSA) is 36.4 Å². The number of aldehydes is 1. The molecule has 0 radical (unpaired) electrons. The summed E-state index contributed by atoms with van der Waals surface area (Å²) in [6.07, 6.45) is 3.34. The Balaban J connectivity index is 2.13. The molecule has 1 aromatic rings. The Hall–Kier alpha value is -0.940. The van der Waals surface area contributed by atoms with Crippen molar-refractivity contribution in [3.63, 3.8) is 0 Å². The maximum Gasteiger partial charge on any atom is 0.186 e. The van der Waals surface area contributed by atoms with Gasteiger partial charge in [0.15, 0.2) is 11.4 Å². The molecule has 2 rings (SSSR count). The van der Waals surface area contributed by atoms with Crippen LogP contribution in [0.2, 0.25) is 0 Å². The number of aromatic nitrogens is 1. The molecule has 17 heavy (non-hydrogen) atoms. The van der Waals surface area contributed by atoms with Gasteiger partial charge in [0.25, 0.3) is 0 Å². The Morgan fingerprint density at radius 2 is 2.29 bits per heavy atom. The molecule has 0 N–H and O–H groups in total. The summed E-state index contributed by atoms with van der Waals surface area (Å²) in [5.74, 6) is 0. The number of hydrogen-bond acceptors (Lipinski definition) is 5. The molecule has 0 bridgehead atoms. The highest BCUT2D eigenvalue weighted by molar-refractivity contribution is 7.17. The number of likely N-dealkylation sites (N-methyl/N-ethyl adjacent to an activating group) is 1. The second kappa shape index (κ2) is 5.14. The summed E-state index contributed by atoms with van der Waals surface area (Å²) in [4.78, 5) is 20.7. The molecule has 1 fully saturated rings. The van der Waals surface area contributed by atoms with Crippen LogP contribution in [0.3, 0.4) is 0 Å². The van der Waals surface area contributed by atoms with Crippen LogP contribution in [0.5, 0.6) is 0 Å². The van der Waals surface area contributed by atoms with Gasteiger partial charge in [0.05, 0.1) is 10.6 Å². The summed E-state index contributed by atoms with van der Waals surface area (Å²) in [6, 6.07) is 0.590. The minimum Gasteiger partial charge on any atom is -0.347 e. The third-order valence-electron chi connectivity index (χ3n) is 3.33. The normalized spacial score (nSPS) is 20.9. The fourth-order valence-electron chi connectivity index (χ4n) is 2.19. The van der Waals surface area contributed by atoms with Crippen LogP contribution in [-0.2, 0) is 0 Å². The molecule has 0 saturated carbocycles. The highest BCUT2D eigenvalue weighted by atomic mass is 32.1. The number of nitrogens with zero attached hydrogens (tertiary/aromatic N) is 3. The molecular formula is C12H19N3OS. The van der Waals surface area contributed by atoms with Gasteiger partial charge in [-0.1, -0.05) is 11.3 Å². The van der Waals surface area contributed by atoms with Crippen molar-refractivity contribution < 1.29 is 4.79 Å². The smallest absolute Gasteiger partial charge is 0.186 e. The lowest BCUT2D eigenvalue weighted by atomic mass is 10.1. The predicted octanol–water partition coefficient (Wildman–Crippen LogP) is 1.79. The van der Waals surface area contributed by atoms with Crippen molar-refractivity contribution in [1.82, 2.24) is 9.88 Å². The summed E-state index contributed by atoms with van der Waals surface area (Å²) in [5, 5.41) is 0.996. The molecule has 1 aliphatic heterocycles. The summed E-state index contributed by atoms with van der Waals surface area (Å²) >= 11 is 1.51. The number of piperidine rings is 1. The molecule has 0 aromatic carbocycles. The molecule has 94 valence electrons. The van der Waals surface area contributed by atoms with E-state index in [9.17, 15) is 4.79 Å². The number of carbonyl (C=O) groups excluding carboxylic acids is 1. The molecule has 0 amide bonds. The number of rotatable bonds is 3. The van der Waals surface area contributed by atoms with Crippen LogP contribution in [-0.4, -0.2) is 49.4 Å². The van der Waals surface area contributed by atoms with E-state index < -0.39 is 0 Å². The Morgan fingerprint density at radius 3 is 2.88 bits per heavy atom. The zero-order valence-electron chi connectivity index (χ0n) is 10.6. The van der Waals surface area contributed by atoms with Crippen molar-refractivity contribution in [1.29, 1.82) is 0 Å². The molecule has 1 unspecified atom stereocenters. The van der Waals surface area contributed by atoms with Gasteiger partial charge in [0, 0.05) is 19.1 Å². The summed E-state index contributed by atoms with van der Waals surface area (Å²) in [5.41, 5.74) is 0.854. The zero-order chi connectivity index (χ0) is 12.4. The number of anilines is 1. The zero-order valence-corrected chi connectivity index (χ0v) is 11.5. The Kier molecular flexibility index (Phi) is 3.79. The first-order valence-corrected chi connectivity index (χ1v) is 6.77. The lowest BCUT2D eigenvalue weighted by Crippen LogP contribution is -2.45. The molecule has 4 nitrogen and oxygen atoms in total. The van der Waals surface area contributed by atoms with Gasteiger partial charge in [-0.05, 0) is 33.9 Å². The van der Waals surface area contributed by atoms with Crippen LogP contribution in [0.15, 0.2) is 0 Å². The average Bonchev–Trinajstić information content (AvgIpc) is 2.71. The highest BCUT2D eigenvalue weighted by Crippen LogP contribution is 2.27. The second-order valence-corrected chi connectivity index (χ2v) is 5.78. The first kappa shape index (κ1) is 12.5. The molecule has 2 heterocycles. The Morgan fingerprint density at radius 1 is 1.53 bits per heavy atom. The van der Waals surface area contributed by atoms with E-state index in [2.05, 4.69) is 28.9 Å². The molecule has 1 aromatic heterocycles. The van der Waals surface area contributed by atoms with Crippen molar-refractivity contribution in [3.05, 3.63) is 10.6 Å². The van der Waals surface area contributed by atoms with Crippen molar-refractivity contribution in [2.45, 2.75) is 25.8 Å². The largest absolute Gasteiger partial charge is 0.347 e. The standard InChI is InChI=1S/C12H19N3OS/c1-9-11(8-16)17-12(13-9)15-6-4-5-10(7-15)14(2)3/h8,10H,4-7H2,1-3H3. The van der Waals surface area contributed by atoms with Crippen LogP contribution < -0.4 is 4.90 Å². The van der Waals surface area contributed by atoms with Crippen molar-refractivity contribution in [3.8, 4) is 0 Å². The molecule has 1 atom stereocenters. The van der Waals surface area contributed by atoms with Crippen molar-refractivity contribution in [2.24, 2.45) is 0 Å². The second-order valence-electron chi connectivity index (χ2n) is 4.77. The summed E-state index contributed by atoms with van der Waals surface area (Å²) < 4.78 is 0. The van der Waals surface area contributed by atoms with Crippen molar-refractivity contribution in [2.75, 3.05) is 32.1 Å². The van der Waals surface area contributed by atoms with Gasteiger partial charge in [0.2, 0.25) is 0 Å². The van der Waals surface area contributed by atoms with Crippen LogP contribution in [0.1, 0.15) is 28.2 Å². The summed E-state index contributed by atoms with van der Waals surface area (Å²) in [7, 11) is 4.25. The number of thiazole rings is 1. The van der Waals surface area contributed by atoms with E-state index in [0.717, 1.165) is 35.1 Å². The highest BCUT2D eigenvalue weighted by Gasteiger charge is 2.23. The number of hydrogen-bond donors (Lipinski definition) is 0. The number of aryl methyl sites for hydroxylation is 1. The quantitative estimate of drug-likeness (QED) is 0.770. The first-order chi connectivity index (χ1) is 8.11. The van der Waals surface area contributed by atoms with E-state index in [1.165, 1.54) is 24.2 Å². The maximum absolute atomic E-state index is 10.8. The molecule has 1 aliphatic rings. The van der Waals surface area contributed by atoms with Gasteiger partial charge >= 0.3 is 0 Å². The maximum atomic E-state index is 10.8. The van der Waals surface area contributed by atoms with Gasteiger partial charge in [0.1, 0.15) is 0 Å². The third kappa shape index (κ3) is 2.66. The Bertz CT molecular complexity index is 402. The van der Waals surface area contributed by atoms with Crippen LogP contribution in [0, 0.1) is 6.92 Å². The van der Waals surface area contributed by atoms with E-state index in [-0.39, 0.29) is 0 Å². The molecular weight excluding hydrogens is 234 g/mol. The van der Waals surface area contributed by atoms with Crippen molar-refractivity contribution >= 4 is 22.8 Å². The minimum absolute atomic E-state index is 0.590. The fraction of sp³-hybridized carbons (Fsp3) is 0.667. The summed E-state index contributed by atoms with van der Waals surface area (Å²) in [6.45, 7) is 3.96. The molecule has 1 saturated heterocycles. The third-order valence-corrected chi connectivity index (χ3v) is 4.47. The van der Waals surface area contributed by atoms with E-state index in [1.807, 2.05) is 6.92 Å². The van der Waals surface area contributed by atoms with Gasteiger partial charge in [-0.3, -0.25) is 4.79 Å². The van der Waals surface area contributed by atoms with Gasteiger partial charge in [-0.15, -0.1) is 0 Å². The Labute approximate surface area is 106 Å². The number of carbonyl (C=O) groups is 1.